The second-order valence-corrected chi connectivity index (χ2v) is 4.52. The molecule has 0 spiro atoms. The molecule has 0 amide bonds. The SMILES string of the molecule is CC(=O)O.N.O=C(O)CN(CCN(CC(=O)O)CC(=O)O)CC(=O)O. The van der Waals surface area contributed by atoms with Crippen LogP contribution in [0.15, 0.2) is 0 Å². The lowest BCUT2D eigenvalue weighted by Gasteiger charge is -2.23. The highest BCUT2D eigenvalue weighted by Gasteiger charge is 2.17. The summed E-state index contributed by atoms with van der Waals surface area (Å²) in [6, 6.07) is 0. The number of aliphatic carboxylic acids is 5. The second kappa shape index (κ2) is 14.8. The van der Waals surface area contributed by atoms with Crippen molar-refractivity contribution in [2.24, 2.45) is 0 Å². The smallest absolute Gasteiger partial charge is 0.317 e. The number of rotatable bonds is 11. The van der Waals surface area contributed by atoms with Gasteiger partial charge in [-0.05, 0) is 0 Å². The predicted octanol–water partition coefficient (Wildman–Crippen LogP) is -1.82. The van der Waals surface area contributed by atoms with Crippen LogP contribution in [0.5, 0.6) is 0 Å². The first kappa shape index (κ1) is 27.1. The third kappa shape index (κ3) is 23.6. The Morgan fingerprint density at radius 1 is 0.600 bits per heavy atom. The lowest BCUT2D eigenvalue weighted by Crippen LogP contribution is -2.43. The Hall–Kier alpha value is -2.77. The van der Waals surface area contributed by atoms with Crippen LogP contribution in [-0.2, 0) is 24.0 Å². The van der Waals surface area contributed by atoms with Crippen molar-refractivity contribution < 1.29 is 49.5 Å². The van der Waals surface area contributed by atoms with Gasteiger partial charge in [-0.2, -0.15) is 0 Å². The first-order valence-electron chi connectivity index (χ1n) is 6.45. The highest BCUT2D eigenvalue weighted by Crippen LogP contribution is 1.94. The van der Waals surface area contributed by atoms with Crippen molar-refractivity contribution in [1.82, 2.24) is 16.0 Å². The van der Waals surface area contributed by atoms with Crippen LogP contribution in [0.25, 0.3) is 0 Å². The lowest BCUT2D eigenvalue weighted by atomic mass is 10.4. The van der Waals surface area contributed by atoms with Gasteiger partial charge < -0.3 is 31.7 Å². The van der Waals surface area contributed by atoms with Crippen molar-refractivity contribution in [2.75, 3.05) is 39.3 Å². The molecule has 0 fully saturated rings. The van der Waals surface area contributed by atoms with Crippen molar-refractivity contribution >= 4 is 29.8 Å². The van der Waals surface area contributed by atoms with E-state index in [4.69, 9.17) is 30.3 Å². The van der Waals surface area contributed by atoms with E-state index in [1.54, 1.807) is 0 Å². The Morgan fingerprint density at radius 2 is 0.760 bits per heavy atom. The van der Waals surface area contributed by atoms with Crippen LogP contribution in [0.1, 0.15) is 6.92 Å². The van der Waals surface area contributed by atoms with E-state index >= 15 is 0 Å². The molecule has 25 heavy (non-hydrogen) atoms. The number of carboxylic acids is 5. The van der Waals surface area contributed by atoms with Gasteiger partial charge in [0.25, 0.3) is 5.97 Å². The molecule has 0 aliphatic rings. The van der Waals surface area contributed by atoms with Crippen LogP contribution < -0.4 is 6.15 Å². The Balaban J connectivity index is -0.000000867. The molecule has 0 heterocycles. The summed E-state index contributed by atoms with van der Waals surface area (Å²) < 4.78 is 0. The number of hydrogen-bond donors (Lipinski definition) is 6. The molecule has 0 saturated carbocycles. The third-order valence-corrected chi connectivity index (χ3v) is 2.17. The fourth-order valence-electron chi connectivity index (χ4n) is 1.48. The van der Waals surface area contributed by atoms with E-state index in [1.165, 1.54) is 0 Å². The van der Waals surface area contributed by atoms with Gasteiger partial charge in [-0.1, -0.05) is 0 Å². The van der Waals surface area contributed by atoms with Gasteiger partial charge in [0.1, 0.15) is 0 Å². The summed E-state index contributed by atoms with van der Waals surface area (Å²) >= 11 is 0. The van der Waals surface area contributed by atoms with Crippen LogP contribution in [0, 0.1) is 0 Å². The standard InChI is InChI=1S/C10H16N2O8.C2H4O2.H3N/c13-7(14)3-11(4-8(15)16)1-2-12(5-9(17)18)6-10(19)20;1-2(3)4;/h1-6H2,(H,13,14)(H,15,16)(H,17,18)(H,19,20);1H3,(H,3,4);1H3. The average molecular weight is 369 g/mol. The monoisotopic (exact) mass is 369 g/mol. The topological polar surface area (TPSA) is 228 Å². The molecule has 0 aliphatic carbocycles. The van der Waals surface area contributed by atoms with Gasteiger partial charge in [-0.25, -0.2) is 0 Å². The van der Waals surface area contributed by atoms with E-state index in [2.05, 4.69) is 0 Å². The Morgan fingerprint density at radius 3 is 0.880 bits per heavy atom. The molecule has 0 aromatic carbocycles. The quantitative estimate of drug-likeness (QED) is 0.236. The number of carboxylic acid groups (broad SMARTS) is 5. The fourth-order valence-corrected chi connectivity index (χ4v) is 1.48. The van der Waals surface area contributed by atoms with Crippen molar-refractivity contribution in [3.05, 3.63) is 0 Å². The van der Waals surface area contributed by atoms with Gasteiger partial charge in [-0.15, -0.1) is 0 Å². The molecule has 13 nitrogen and oxygen atoms in total. The summed E-state index contributed by atoms with van der Waals surface area (Å²) in [5.41, 5.74) is 0. The zero-order chi connectivity index (χ0) is 19.3. The summed E-state index contributed by atoms with van der Waals surface area (Å²) in [6.45, 7) is -1.17. The zero-order valence-electron chi connectivity index (χ0n) is 13.6. The maximum atomic E-state index is 10.6. The largest absolute Gasteiger partial charge is 0.481 e. The second-order valence-electron chi connectivity index (χ2n) is 4.52. The zero-order valence-corrected chi connectivity index (χ0v) is 13.6. The van der Waals surface area contributed by atoms with Gasteiger partial charge in [0, 0.05) is 20.0 Å². The molecule has 0 radical (unpaired) electrons. The molecular formula is C12H23N3O10. The summed E-state index contributed by atoms with van der Waals surface area (Å²) in [4.78, 5) is 53.4. The first-order chi connectivity index (χ1) is 10.9. The van der Waals surface area contributed by atoms with Gasteiger partial charge >= 0.3 is 23.9 Å². The van der Waals surface area contributed by atoms with Crippen LogP contribution in [0.4, 0.5) is 0 Å². The van der Waals surface area contributed by atoms with Crippen molar-refractivity contribution in [1.29, 1.82) is 0 Å². The Kier molecular flexibility index (Phi) is 16.0. The van der Waals surface area contributed by atoms with E-state index in [1.807, 2.05) is 0 Å². The molecule has 0 bridgehead atoms. The normalized spacial score (nSPS) is 9.56. The number of nitrogens with zero attached hydrogens (tertiary/aromatic N) is 2. The minimum absolute atomic E-state index is 0. The van der Waals surface area contributed by atoms with Crippen LogP contribution >= 0.6 is 0 Å². The average Bonchev–Trinajstić information content (AvgIpc) is 2.32. The minimum Gasteiger partial charge on any atom is -0.481 e. The maximum absolute atomic E-state index is 10.6. The predicted molar refractivity (Wildman–Crippen MR) is 81.8 cm³/mol. The molecule has 0 aromatic heterocycles. The Bertz CT molecular complexity index is 396. The molecular weight excluding hydrogens is 346 g/mol. The van der Waals surface area contributed by atoms with Crippen LogP contribution in [0.3, 0.4) is 0 Å². The number of carbonyl (C=O) groups is 5. The molecule has 0 saturated heterocycles. The molecule has 146 valence electrons. The molecule has 0 atom stereocenters. The highest BCUT2D eigenvalue weighted by molar-refractivity contribution is 5.73. The molecule has 0 rings (SSSR count). The third-order valence-electron chi connectivity index (χ3n) is 2.17. The summed E-state index contributed by atoms with van der Waals surface area (Å²) in [7, 11) is 0. The molecule has 8 N–H and O–H groups in total. The Labute approximate surface area is 142 Å². The molecule has 13 heteroatoms. The van der Waals surface area contributed by atoms with E-state index in [0.717, 1.165) is 16.7 Å². The van der Waals surface area contributed by atoms with Crippen molar-refractivity contribution in [3.63, 3.8) is 0 Å². The molecule has 0 aliphatic heterocycles. The van der Waals surface area contributed by atoms with Gasteiger partial charge in [-0.3, -0.25) is 33.8 Å². The van der Waals surface area contributed by atoms with Crippen LogP contribution in [0.2, 0.25) is 0 Å². The van der Waals surface area contributed by atoms with E-state index in [-0.39, 0.29) is 19.2 Å². The van der Waals surface area contributed by atoms with Gasteiger partial charge in [0.15, 0.2) is 0 Å². The van der Waals surface area contributed by atoms with Crippen LogP contribution in [-0.4, -0.2) is 104 Å². The minimum atomic E-state index is -1.23. The van der Waals surface area contributed by atoms with E-state index in [0.29, 0.717) is 0 Å². The van der Waals surface area contributed by atoms with Gasteiger partial charge in [0.2, 0.25) is 0 Å². The summed E-state index contributed by atoms with van der Waals surface area (Å²) in [5, 5.41) is 41.9. The van der Waals surface area contributed by atoms with Crippen molar-refractivity contribution in [2.45, 2.75) is 6.92 Å². The van der Waals surface area contributed by atoms with E-state index in [9.17, 15) is 19.2 Å². The lowest BCUT2D eigenvalue weighted by molar-refractivity contribution is -0.145. The summed E-state index contributed by atoms with van der Waals surface area (Å²) in [5.74, 6) is -5.74. The highest BCUT2D eigenvalue weighted by atomic mass is 16.4. The summed E-state index contributed by atoms with van der Waals surface area (Å²) in [6.07, 6.45) is 0. The van der Waals surface area contributed by atoms with Gasteiger partial charge in [0.05, 0.1) is 26.2 Å². The first-order valence-corrected chi connectivity index (χ1v) is 6.45. The number of hydrogen-bond acceptors (Lipinski definition) is 8. The molecule has 0 unspecified atom stereocenters. The maximum Gasteiger partial charge on any atom is 0.317 e. The molecule has 0 aromatic rings. The fraction of sp³-hybridized carbons (Fsp3) is 0.583. The van der Waals surface area contributed by atoms with Crippen molar-refractivity contribution in [3.8, 4) is 0 Å². The van der Waals surface area contributed by atoms with E-state index < -0.39 is 56.0 Å².